The van der Waals surface area contributed by atoms with E-state index in [0.717, 1.165) is 31.1 Å². The smallest absolute Gasteiger partial charge is 0.254 e. The molecule has 0 radical (unpaired) electrons. The Labute approximate surface area is 110 Å². The van der Waals surface area contributed by atoms with Crippen molar-refractivity contribution in [2.45, 2.75) is 50.5 Å². The van der Waals surface area contributed by atoms with Gasteiger partial charge in [0.15, 0.2) is 0 Å². The highest BCUT2D eigenvalue weighted by molar-refractivity contribution is 5.15. The molecule has 0 unspecified atom stereocenters. The third-order valence-electron chi connectivity index (χ3n) is 4.97. The second-order valence-electron chi connectivity index (χ2n) is 6.43. The Balaban J connectivity index is 1.34. The van der Waals surface area contributed by atoms with Crippen LogP contribution in [0, 0.1) is 5.41 Å². The molecule has 19 heavy (non-hydrogen) atoms. The van der Waals surface area contributed by atoms with Gasteiger partial charge in [-0.1, -0.05) is 5.16 Å². The van der Waals surface area contributed by atoms with Crippen LogP contribution in [0.3, 0.4) is 0 Å². The molecule has 1 aromatic rings. The lowest BCUT2D eigenvalue weighted by Gasteiger charge is -2.31. The molecule has 1 spiro atoms. The van der Waals surface area contributed by atoms with E-state index in [1.54, 1.807) is 0 Å². The summed E-state index contributed by atoms with van der Waals surface area (Å²) in [5, 5.41) is 4.09. The first-order chi connectivity index (χ1) is 9.08. The third-order valence-corrected chi connectivity index (χ3v) is 4.97. The van der Waals surface area contributed by atoms with Gasteiger partial charge in [-0.05, 0) is 38.8 Å². The van der Waals surface area contributed by atoms with Crippen molar-refractivity contribution in [3.05, 3.63) is 17.5 Å². The molecule has 1 saturated heterocycles. The first-order valence-electron chi connectivity index (χ1n) is 7.14. The number of halogens is 2. The van der Waals surface area contributed by atoms with Crippen LogP contribution in [-0.2, 0) is 6.54 Å². The first kappa shape index (κ1) is 11.8. The molecular formula is C14H18F2N2O. The van der Waals surface area contributed by atoms with E-state index in [1.165, 1.54) is 12.8 Å². The number of alkyl halides is 2. The fraction of sp³-hybridized carbons (Fsp3) is 0.786. The molecule has 5 heteroatoms. The monoisotopic (exact) mass is 268 g/mol. The normalized spacial score (nSPS) is 28.7. The number of rotatable bonds is 3. The lowest BCUT2D eigenvalue weighted by Crippen LogP contribution is -2.36. The lowest BCUT2D eigenvalue weighted by molar-refractivity contribution is 0.0296. The van der Waals surface area contributed by atoms with Gasteiger partial charge in [0.1, 0.15) is 5.76 Å². The molecule has 104 valence electrons. The number of piperidine rings is 1. The Kier molecular flexibility index (Phi) is 2.35. The standard InChI is InChI=1S/C14H18F2N2O/c15-14(16)9-13(14)3-5-18(6-4-13)8-11-7-12(19-17-11)10-1-2-10/h7,10H,1-6,8-9H2. The number of aromatic nitrogens is 1. The minimum absolute atomic E-state index is 0.101. The molecule has 2 heterocycles. The van der Waals surface area contributed by atoms with Gasteiger partial charge in [-0.3, -0.25) is 4.90 Å². The molecule has 0 amide bonds. The van der Waals surface area contributed by atoms with Gasteiger partial charge in [0.25, 0.3) is 5.92 Å². The highest BCUT2D eigenvalue weighted by Gasteiger charge is 2.70. The van der Waals surface area contributed by atoms with Crippen LogP contribution in [0.15, 0.2) is 10.6 Å². The third kappa shape index (κ3) is 1.98. The van der Waals surface area contributed by atoms with Gasteiger partial charge in [0.2, 0.25) is 0 Å². The average molecular weight is 268 g/mol. The maximum atomic E-state index is 13.3. The second-order valence-corrected chi connectivity index (χ2v) is 6.43. The van der Waals surface area contributed by atoms with Gasteiger partial charge >= 0.3 is 0 Å². The van der Waals surface area contributed by atoms with Crippen LogP contribution in [0.25, 0.3) is 0 Å². The van der Waals surface area contributed by atoms with E-state index in [2.05, 4.69) is 10.1 Å². The lowest BCUT2D eigenvalue weighted by atomic mass is 9.93. The van der Waals surface area contributed by atoms with Gasteiger partial charge in [-0.2, -0.15) is 0 Å². The molecule has 0 atom stereocenters. The summed E-state index contributed by atoms with van der Waals surface area (Å²) in [6.45, 7) is 2.24. The molecule has 3 aliphatic rings. The maximum absolute atomic E-state index is 13.3. The Morgan fingerprint density at radius 1 is 1.32 bits per heavy atom. The van der Waals surface area contributed by atoms with E-state index in [-0.39, 0.29) is 6.42 Å². The number of nitrogens with zero attached hydrogens (tertiary/aromatic N) is 2. The summed E-state index contributed by atoms with van der Waals surface area (Å²) < 4.78 is 31.9. The Morgan fingerprint density at radius 2 is 2.00 bits per heavy atom. The minimum Gasteiger partial charge on any atom is -0.361 e. The molecule has 2 saturated carbocycles. The molecule has 1 aromatic heterocycles. The molecule has 3 fully saturated rings. The predicted molar refractivity (Wildman–Crippen MR) is 65.0 cm³/mol. The highest BCUT2D eigenvalue weighted by Crippen LogP contribution is 2.65. The highest BCUT2D eigenvalue weighted by atomic mass is 19.3. The van der Waals surface area contributed by atoms with E-state index in [1.807, 2.05) is 6.07 Å². The van der Waals surface area contributed by atoms with Crippen LogP contribution in [-0.4, -0.2) is 29.1 Å². The first-order valence-corrected chi connectivity index (χ1v) is 7.14. The number of likely N-dealkylation sites (tertiary alicyclic amines) is 1. The second kappa shape index (κ2) is 3.78. The van der Waals surface area contributed by atoms with Crippen molar-refractivity contribution in [3.8, 4) is 0 Å². The summed E-state index contributed by atoms with van der Waals surface area (Å²) in [5.41, 5.74) is 0.285. The SMILES string of the molecule is FC1(F)CC12CCN(Cc1cc(C3CC3)on1)CC2. The van der Waals surface area contributed by atoms with Crippen molar-refractivity contribution >= 4 is 0 Å². The van der Waals surface area contributed by atoms with Crippen LogP contribution in [0.1, 0.15) is 49.5 Å². The summed E-state index contributed by atoms with van der Waals surface area (Å²) in [6, 6.07) is 2.04. The topological polar surface area (TPSA) is 29.3 Å². The number of hydrogen-bond acceptors (Lipinski definition) is 3. The minimum atomic E-state index is -2.40. The van der Waals surface area contributed by atoms with Crippen LogP contribution in [0.5, 0.6) is 0 Å². The predicted octanol–water partition coefficient (Wildman–Crippen LogP) is 3.17. The summed E-state index contributed by atoms with van der Waals surface area (Å²) >= 11 is 0. The summed E-state index contributed by atoms with van der Waals surface area (Å²) in [7, 11) is 0. The molecule has 0 aromatic carbocycles. The van der Waals surface area contributed by atoms with Crippen molar-refractivity contribution < 1.29 is 13.3 Å². The molecule has 4 rings (SSSR count). The fourth-order valence-electron chi connectivity index (χ4n) is 3.25. The van der Waals surface area contributed by atoms with Crippen molar-refractivity contribution in [1.82, 2.24) is 10.1 Å². The molecule has 2 aliphatic carbocycles. The zero-order chi connectivity index (χ0) is 13.1. The van der Waals surface area contributed by atoms with Crippen molar-refractivity contribution in [3.63, 3.8) is 0 Å². The number of hydrogen-bond donors (Lipinski definition) is 0. The Hall–Kier alpha value is -0.970. The summed E-state index contributed by atoms with van der Waals surface area (Å²) in [4.78, 5) is 2.22. The van der Waals surface area contributed by atoms with Crippen molar-refractivity contribution in [2.75, 3.05) is 13.1 Å². The molecule has 0 bridgehead atoms. The zero-order valence-electron chi connectivity index (χ0n) is 10.9. The van der Waals surface area contributed by atoms with Crippen LogP contribution < -0.4 is 0 Å². The van der Waals surface area contributed by atoms with Gasteiger partial charge in [-0.25, -0.2) is 8.78 Å². The summed E-state index contributed by atoms with van der Waals surface area (Å²) in [6.07, 6.45) is 3.75. The van der Waals surface area contributed by atoms with Gasteiger partial charge < -0.3 is 4.52 Å². The largest absolute Gasteiger partial charge is 0.361 e. The molecule has 1 aliphatic heterocycles. The van der Waals surface area contributed by atoms with E-state index >= 15 is 0 Å². The molecular weight excluding hydrogens is 250 g/mol. The van der Waals surface area contributed by atoms with Gasteiger partial charge in [0, 0.05) is 30.4 Å². The van der Waals surface area contributed by atoms with Gasteiger partial charge in [-0.15, -0.1) is 0 Å². The van der Waals surface area contributed by atoms with Crippen molar-refractivity contribution in [1.29, 1.82) is 0 Å². The quantitative estimate of drug-likeness (QED) is 0.843. The maximum Gasteiger partial charge on any atom is 0.254 e. The van der Waals surface area contributed by atoms with Crippen LogP contribution in [0.4, 0.5) is 8.78 Å². The molecule has 3 nitrogen and oxygen atoms in total. The zero-order valence-corrected chi connectivity index (χ0v) is 10.9. The molecule has 0 N–H and O–H groups in total. The van der Waals surface area contributed by atoms with E-state index in [0.29, 0.717) is 18.8 Å². The van der Waals surface area contributed by atoms with E-state index in [4.69, 9.17) is 4.52 Å². The average Bonchev–Trinajstić information content (AvgIpc) is 3.24. The Morgan fingerprint density at radius 3 is 2.58 bits per heavy atom. The van der Waals surface area contributed by atoms with Crippen LogP contribution >= 0.6 is 0 Å². The fourth-order valence-corrected chi connectivity index (χ4v) is 3.25. The van der Waals surface area contributed by atoms with Crippen LogP contribution in [0.2, 0.25) is 0 Å². The van der Waals surface area contributed by atoms with Crippen molar-refractivity contribution in [2.24, 2.45) is 5.41 Å². The van der Waals surface area contributed by atoms with Gasteiger partial charge in [0.05, 0.1) is 5.69 Å². The summed E-state index contributed by atoms with van der Waals surface area (Å²) in [5.74, 6) is -0.820. The van der Waals surface area contributed by atoms with E-state index in [9.17, 15) is 8.78 Å². The Bertz CT molecular complexity index is 487. The van der Waals surface area contributed by atoms with E-state index < -0.39 is 11.3 Å².